The van der Waals surface area contributed by atoms with E-state index >= 15 is 0 Å². The molecule has 0 aliphatic carbocycles. The quantitative estimate of drug-likeness (QED) is 0.739. The lowest BCUT2D eigenvalue weighted by Gasteiger charge is -2.40. The van der Waals surface area contributed by atoms with Gasteiger partial charge in [-0.1, -0.05) is 43.3 Å². The Bertz CT molecular complexity index is 457. The average Bonchev–Trinajstić information content (AvgIpc) is 2.49. The van der Waals surface area contributed by atoms with Crippen LogP contribution < -0.4 is 0 Å². The molecule has 1 heterocycles. The van der Waals surface area contributed by atoms with Gasteiger partial charge in [-0.2, -0.15) is 0 Å². The number of hydrogen-bond donors (Lipinski definition) is 0. The summed E-state index contributed by atoms with van der Waals surface area (Å²) in [6.07, 6.45) is 5.42. The fraction of sp³-hybridized carbons (Fsp3) is 0.471. The standard InChI is InChI=1S/C17H23NO2/c1-3-11-17(4-2)12-10-16(19)18(14-17)20-13-15-8-6-5-7-9-15/h3,5-9H,1,4,10-14H2,2H3. The number of rotatable bonds is 6. The predicted molar refractivity (Wildman–Crippen MR) is 79.7 cm³/mol. The van der Waals surface area contributed by atoms with Gasteiger partial charge in [0, 0.05) is 6.42 Å². The molecular formula is C17H23NO2. The molecular weight excluding hydrogens is 250 g/mol. The van der Waals surface area contributed by atoms with Gasteiger partial charge in [-0.3, -0.25) is 9.63 Å². The molecule has 1 unspecified atom stereocenters. The van der Waals surface area contributed by atoms with Crippen molar-refractivity contribution in [2.45, 2.75) is 39.2 Å². The second-order valence-corrected chi connectivity index (χ2v) is 5.54. The number of hydrogen-bond acceptors (Lipinski definition) is 2. The van der Waals surface area contributed by atoms with E-state index in [4.69, 9.17) is 4.84 Å². The number of allylic oxidation sites excluding steroid dienone is 1. The molecule has 1 atom stereocenters. The van der Waals surface area contributed by atoms with E-state index < -0.39 is 0 Å². The Kier molecular flexibility index (Phi) is 4.96. The van der Waals surface area contributed by atoms with Crippen molar-refractivity contribution < 1.29 is 9.63 Å². The molecule has 3 heteroatoms. The van der Waals surface area contributed by atoms with Crippen molar-refractivity contribution in [1.82, 2.24) is 5.06 Å². The summed E-state index contributed by atoms with van der Waals surface area (Å²) < 4.78 is 0. The van der Waals surface area contributed by atoms with Gasteiger partial charge in [0.1, 0.15) is 6.61 Å². The maximum absolute atomic E-state index is 12.0. The van der Waals surface area contributed by atoms with Crippen LogP contribution in [0.15, 0.2) is 43.0 Å². The van der Waals surface area contributed by atoms with Gasteiger partial charge in [0.2, 0.25) is 5.91 Å². The van der Waals surface area contributed by atoms with Gasteiger partial charge in [0.05, 0.1) is 6.54 Å². The highest BCUT2D eigenvalue weighted by Crippen LogP contribution is 2.37. The fourth-order valence-electron chi connectivity index (χ4n) is 2.72. The number of hydroxylamine groups is 2. The largest absolute Gasteiger partial charge is 0.273 e. The highest BCUT2D eigenvalue weighted by molar-refractivity contribution is 5.76. The molecule has 1 aliphatic rings. The smallest absolute Gasteiger partial charge is 0.246 e. The molecule has 1 amide bonds. The molecule has 1 saturated heterocycles. The van der Waals surface area contributed by atoms with E-state index in [1.165, 1.54) is 0 Å². The summed E-state index contributed by atoms with van der Waals surface area (Å²) >= 11 is 0. The van der Waals surface area contributed by atoms with E-state index in [0.717, 1.165) is 24.8 Å². The van der Waals surface area contributed by atoms with Crippen molar-refractivity contribution in [3.05, 3.63) is 48.6 Å². The molecule has 3 nitrogen and oxygen atoms in total. The van der Waals surface area contributed by atoms with Crippen LogP contribution in [0.1, 0.15) is 38.2 Å². The Morgan fingerprint density at radius 2 is 2.15 bits per heavy atom. The predicted octanol–water partition coefficient (Wildman–Crippen LogP) is 3.71. The zero-order chi connectivity index (χ0) is 14.4. The molecule has 0 radical (unpaired) electrons. The summed E-state index contributed by atoms with van der Waals surface area (Å²) in [4.78, 5) is 17.7. The summed E-state index contributed by atoms with van der Waals surface area (Å²) in [7, 11) is 0. The van der Waals surface area contributed by atoms with Crippen LogP contribution in [0.5, 0.6) is 0 Å². The minimum absolute atomic E-state index is 0.0917. The minimum atomic E-state index is 0.0917. The molecule has 0 saturated carbocycles. The molecule has 0 aromatic heterocycles. The van der Waals surface area contributed by atoms with Crippen LogP contribution in [-0.2, 0) is 16.2 Å². The summed E-state index contributed by atoms with van der Waals surface area (Å²) in [5.74, 6) is 0.0917. The van der Waals surface area contributed by atoms with Crippen molar-refractivity contribution in [3.63, 3.8) is 0 Å². The number of piperidine rings is 1. The third kappa shape index (κ3) is 3.48. The third-order valence-electron chi connectivity index (χ3n) is 4.18. The molecule has 2 rings (SSSR count). The molecule has 1 aromatic carbocycles. The number of nitrogens with zero attached hydrogens (tertiary/aromatic N) is 1. The number of amides is 1. The Balaban J connectivity index is 1.98. The van der Waals surface area contributed by atoms with Crippen molar-refractivity contribution >= 4 is 5.91 Å². The summed E-state index contributed by atoms with van der Waals surface area (Å²) in [5, 5.41) is 1.56. The first-order chi connectivity index (χ1) is 9.69. The maximum atomic E-state index is 12.0. The molecule has 0 bridgehead atoms. The van der Waals surface area contributed by atoms with Crippen LogP contribution in [0.3, 0.4) is 0 Å². The van der Waals surface area contributed by atoms with Crippen LogP contribution in [0.4, 0.5) is 0 Å². The van der Waals surface area contributed by atoms with Gasteiger partial charge in [-0.05, 0) is 30.2 Å². The Morgan fingerprint density at radius 3 is 2.80 bits per heavy atom. The van der Waals surface area contributed by atoms with E-state index in [1.807, 2.05) is 36.4 Å². The molecule has 20 heavy (non-hydrogen) atoms. The van der Waals surface area contributed by atoms with Gasteiger partial charge in [0.25, 0.3) is 0 Å². The Hall–Kier alpha value is -1.61. The molecule has 1 aromatic rings. The minimum Gasteiger partial charge on any atom is -0.273 e. The SMILES string of the molecule is C=CCC1(CC)CCC(=O)N(OCc2ccccc2)C1. The van der Waals surface area contributed by atoms with Gasteiger partial charge < -0.3 is 0 Å². The van der Waals surface area contributed by atoms with Crippen molar-refractivity contribution in [2.75, 3.05) is 6.54 Å². The lowest BCUT2D eigenvalue weighted by molar-refractivity contribution is -0.209. The Morgan fingerprint density at radius 1 is 1.40 bits per heavy atom. The second-order valence-electron chi connectivity index (χ2n) is 5.54. The number of benzene rings is 1. The lowest BCUT2D eigenvalue weighted by Crippen LogP contribution is -2.45. The average molecular weight is 273 g/mol. The Labute approximate surface area is 121 Å². The first-order valence-electron chi connectivity index (χ1n) is 7.27. The van der Waals surface area contributed by atoms with E-state index in [-0.39, 0.29) is 11.3 Å². The zero-order valence-corrected chi connectivity index (χ0v) is 12.2. The van der Waals surface area contributed by atoms with E-state index in [0.29, 0.717) is 19.6 Å². The monoisotopic (exact) mass is 273 g/mol. The molecule has 1 aliphatic heterocycles. The van der Waals surface area contributed by atoms with Crippen molar-refractivity contribution in [2.24, 2.45) is 5.41 Å². The summed E-state index contributed by atoms with van der Waals surface area (Å²) in [6, 6.07) is 9.94. The van der Waals surface area contributed by atoms with Gasteiger partial charge in [-0.25, -0.2) is 5.06 Å². The number of carbonyl (C=O) groups is 1. The van der Waals surface area contributed by atoms with Crippen molar-refractivity contribution in [3.8, 4) is 0 Å². The van der Waals surface area contributed by atoms with Crippen LogP contribution in [0, 0.1) is 5.41 Å². The second kappa shape index (κ2) is 6.71. The first-order valence-corrected chi connectivity index (χ1v) is 7.27. The topological polar surface area (TPSA) is 29.5 Å². The van der Waals surface area contributed by atoms with Gasteiger partial charge in [-0.15, -0.1) is 6.58 Å². The van der Waals surface area contributed by atoms with Crippen LogP contribution in [-0.4, -0.2) is 17.5 Å². The van der Waals surface area contributed by atoms with Gasteiger partial charge >= 0.3 is 0 Å². The normalized spacial score (nSPS) is 22.9. The molecule has 0 spiro atoms. The highest BCUT2D eigenvalue weighted by Gasteiger charge is 2.37. The van der Waals surface area contributed by atoms with E-state index in [9.17, 15) is 4.79 Å². The third-order valence-corrected chi connectivity index (χ3v) is 4.18. The van der Waals surface area contributed by atoms with Crippen LogP contribution in [0.2, 0.25) is 0 Å². The highest BCUT2D eigenvalue weighted by atomic mass is 16.7. The summed E-state index contributed by atoms with van der Waals surface area (Å²) in [6.45, 7) is 7.13. The maximum Gasteiger partial charge on any atom is 0.246 e. The van der Waals surface area contributed by atoms with E-state index in [2.05, 4.69) is 13.5 Å². The molecule has 1 fully saturated rings. The number of carbonyl (C=O) groups excluding carboxylic acids is 1. The lowest BCUT2D eigenvalue weighted by atomic mass is 9.75. The van der Waals surface area contributed by atoms with Crippen LogP contribution in [0.25, 0.3) is 0 Å². The zero-order valence-electron chi connectivity index (χ0n) is 12.2. The van der Waals surface area contributed by atoms with E-state index in [1.54, 1.807) is 5.06 Å². The van der Waals surface area contributed by atoms with Crippen molar-refractivity contribution in [1.29, 1.82) is 0 Å². The van der Waals surface area contributed by atoms with Crippen LogP contribution >= 0.6 is 0 Å². The first kappa shape index (κ1) is 14.8. The fourth-order valence-corrected chi connectivity index (χ4v) is 2.72. The summed E-state index contributed by atoms with van der Waals surface area (Å²) in [5.41, 5.74) is 1.21. The van der Waals surface area contributed by atoms with Gasteiger partial charge in [0.15, 0.2) is 0 Å². The molecule has 108 valence electrons. The molecule has 0 N–H and O–H groups in total.